The number of alkyl halides is 1. The molecule has 0 radical (unpaired) electrons. The Hall–Kier alpha value is -3.23. The fourth-order valence-electron chi connectivity index (χ4n) is 9.25. The van der Waals surface area contributed by atoms with E-state index in [2.05, 4.69) is 24.5 Å². The minimum atomic E-state index is -0.824. The van der Waals surface area contributed by atoms with Crippen LogP contribution >= 0.6 is 11.6 Å². The van der Waals surface area contributed by atoms with Gasteiger partial charge in [-0.15, -0.1) is 0 Å². The molecule has 236 valence electrons. The largest absolute Gasteiger partial charge is 0.508 e. The summed E-state index contributed by atoms with van der Waals surface area (Å²) >= 11 is 6.65. The number of aromatic hydroxyl groups is 1. The first-order valence-electron chi connectivity index (χ1n) is 16.5. The summed E-state index contributed by atoms with van der Waals surface area (Å²) in [5.41, 5.74) is 3.95. The first-order valence-corrected chi connectivity index (χ1v) is 16.8. The fourth-order valence-corrected chi connectivity index (χ4v) is 9.62. The SMILES string of the molecule is C=CC(=O)N1C2CCC1CC(C)(c1cc(OCC34CCCN3CC(F)C4)nc3cc(-c4cc(O)cc(Cl)c4C4CC4)ncc13)C2. The Labute approximate surface area is 268 Å². The fraction of sp³-hybridized carbons (Fsp3) is 0.528. The molecule has 6 heterocycles. The Morgan fingerprint density at radius 3 is 2.69 bits per heavy atom. The topological polar surface area (TPSA) is 78.8 Å². The molecule has 8 rings (SSSR count). The first-order chi connectivity index (χ1) is 21.7. The van der Waals surface area contributed by atoms with Gasteiger partial charge in [0.05, 0.1) is 16.7 Å². The third-order valence-corrected chi connectivity index (χ3v) is 11.7. The molecular weight excluding hydrogens is 591 g/mol. The van der Waals surface area contributed by atoms with Gasteiger partial charge in [-0.2, -0.15) is 0 Å². The van der Waals surface area contributed by atoms with Crippen LogP contribution in [0.3, 0.4) is 0 Å². The summed E-state index contributed by atoms with van der Waals surface area (Å²) in [7, 11) is 0. The molecule has 2 bridgehead atoms. The molecule has 0 spiro atoms. The van der Waals surface area contributed by atoms with Crippen LogP contribution in [0.15, 0.2) is 43.1 Å². The van der Waals surface area contributed by atoms with Crippen molar-refractivity contribution in [3.63, 3.8) is 0 Å². The lowest BCUT2D eigenvalue weighted by Gasteiger charge is -2.45. The Morgan fingerprint density at radius 2 is 1.96 bits per heavy atom. The number of hydrogen-bond donors (Lipinski definition) is 1. The molecule has 7 nitrogen and oxygen atoms in total. The molecule has 1 amide bonds. The third kappa shape index (κ3) is 4.91. The van der Waals surface area contributed by atoms with Gasteiger partial charge < -0.3 is 14.7 Å². The number of nitrogens with zero attached hydrogens (tertiary/aromatic N) is 4. The number of pyridine rings is 2. The molecule has 1 saturated carbocycles. The molecule has 1 aliphatic carbocycles. The number of rotatable bonds is 7. The Kier molecular flexibility index (Phi) is 6.92. The van der Waals surface area contributed by atoms with E-state index in [4.69, 9.17) is 26.3 Å². The highest BCUT2D eigenvalue weighted by Crippen LogP contribution is 2.51. The Morgan fingerprint density at radius 1 is 1.18 bits per heavy atom. The predicted octanol–water partition coefficient (Wildman–Crippen LogP) is 7.09. The van der Waals surface area contributed by atoms with Crippen LogP contribution in [0.25, 0.3) is 22.2 Å². The molecular formula is C36H40ClFN4O3. The quantitative estimate of drug-likeness (QED) is 0.281. The lowest BCUT2D eigenvalue weighted by atomic mass is 9.70. The predicted molar refractivity (Wildman–Crippen MR) is 173 cm³/mol. The number of benzene rings is 1. The maximum Gasteiger partial charge on any atom is 0.246 e. The number of piperidine rings is 1. The van der Waals surface area contributed by atoms with E-state index in [1.165, 1.54) is 6.08 Å². The van der Waals surface area contributed by atoms with E-state index in [1.54, 1.807) is 12.1 Å². The maximum absolute atomic E-state index is 14.5. The summed E-state index contributed by atoms with van der Waals surface area (Å²) in [6.07, 6.45) is 10.8. The van der Waals surface area contributed by atoms with Gasteiger partial charge in [-0.3, -0.25) is 14.7 Å². The normalized spacial score (nSPS) is 31.0. The molecule has 5 fully saturated rings. The number of ether oxygens (including phenoxy) is 1. The van der Waals surface area contributed by atoms with Gasteiger partial charge in [-0.25, -0.2) is 9.37 Å². The average Bonchev–Trinajstić information content (AvgIpc) is 3.61. The Balaban J connectivity index is 1.22. The van der Waals surface area contributed by atoms with Crippen molar-refractivity contribution in [3.8, 4) is 22.9 Å². The number of fused-ring (bicyclic) bond motifs is 4. The van der Waals surface area contributed by atoms with Crippen LogP contribution in [0.1, 0.15) is 81.8 Å². The number of amides is 1. The minimum absolute atomic E-state index is 0.0128. The zero-order valence-electron chi connectivity index (χ0n) is 25.8. The molecule has 2 aromatic heterocycles. The summed E-state index contributed by atoms with van der Waals surface area (Å²) < 4.78 is 21.1. The molecule has 1 aromatic carbocycles. The molecule has 9 heteroatoms. The van der Waals surface area contributed by atoms with E-state index in [9.17, 15) is 14.3 Å². The van der Waals surface area contributed by atoms with E-state index < -0.39 is 6.17 Å². The first kappa shape index (κ1) is 29.2. The van der Waals surface area contributed by atoms with E-state index in [-0.39, 0.29) is 34.7 Å². The number of phenols is 1. The zero-order valence-corrected chi connectivity index (χ0v) is 26.5. The second-order valence-electron chi connectivity index (χ2n) is 14.4. The summed E-state index contributed by atoms with van der Waals surface area (Å²) in [5, 5.41) is 12.0. The highest BCUT2D eigenvalue weighted by molar-refractivity contribution is 6.32. The van der Waals surface area contributed by atoms with E-state index in [0.717, 1.165) is 85.5 Å². The maximum atomic E-state index is 14.5. The summed E-state index contributed by atoms with van der Waals surface area (Å²) in [4.78, 5) is 27.1. The standard InChI is InChI=1S/C36H40ClFN4O3/c1-3-33(44)42-23-7-8-24(42)17-35(2,16-23)28-13-32(45-20-36-9-4-10-41(36)19-22(38)15-36)40-31-14-30(39-18-27(28)31)26-11-25(43)12-29(37)34(26)21-5-6-21/h3,11-14,18,21-24,43H,1,4-10,15-17,19-20H2,2H3. The number of carbonyl (C=O) groups excluding carboxylic acids is 1. The Bertz CT molecular complexity index is 1700. The van der Waals surface area contributed by atoms with Crippen molar-refractivity contribution in [2.24, 2.45) is 0 Å². The van der Waals surface area contributed by atoms with Gasteiger partial charge in [-0.1, -0.05) is 25.1 Å². The molecule has 4 atom stereocenters. The smallest absolute Gasteiger partial charge is 0.246 e. The van der Waals surface area contributed by atoms with Crippen LogP contribution in [0.5, 0.6) is 11.6 Å². The van der Waals surface area contributed by atoms with Gasteiger partial charge in [0, 0.05) is 53.3 Å². The summed E-state index contributed by atoms with van der Waals surface area (Å²) in [6, 6.07) is 7.73. The number of phenolic OH excluding ortho intramolecular Hbond substituents is 1. The number of aromatic nitrogens is 2. The van der Waals surface area contributed by atoms with Crippen LogP contribution < -0.4 is 4.74 Å². The monoisotopic (exact) mass is 630 g/mol. The molecule has 4 saturated heterocycles. The number of carbonyl (C=O) groups is 1. The highest BCUT2D eigenvalue weighted by Gasteiger charge is 2.50. The highest BCUT2D eigenvalue weighted by atomic mass is 35.5. The molecule has 1 N–H and O–H groups in total. The second kappa shape index (κ2) is 10.7. The number of hydrogen-bond acceptors (Lipinski definition) is 6. The molecule has 4 aliphatic heterocycles. The lowest BCUT2D eigenvalue weighted by Crippen LogP contribution is -2.50. The van der Waals surface area contributed by atoms with Crippen molar-refractivity contribution in [1.29, 1.82) is 0 Å². The van der Waals surface area contributed by atoms with Gasteiger partial charge in [0.2, 0.25) is 11.8 Å². The van der Waals surface area contributed by atoms with Crippen molar-refractivity contribution in [2.75, 3.05) is 19.7 Å². The van der Waals surface area contributed by atoms with Gasteiger partial charge >= 0.3 is 0 Å². The minimum Gasteiger partial charge on any atom is -0.508 e. The van der Waals surface area contributed by atoms with Crippen molar-refractivity contribution in [2.45, 2.75) is 99.8 Å². The van der Waals surface area contributed by atoms with Gasteiger partial charge in [0.1, 0.15) is 18.5 Å². The molecule has 45 heavy (non-hydrogen) atoms. The lowest BCUT2D eigenvalue weighted by molar-refractivity contribution is -0.131. The second-order valence-corrected chi connectivity index (χ2v) is 14.8. The third-order valence-electron chi connectivity index (χ3n) is 11.4. The summed E-state index contributed by atoms with van der Waals surface area (Å²) in [6.45, 7) is 7.83. The van der Waals surface area contributed by atoms with Crippen LogP contribution in [0.4, 0.5) is 4.39 Å². The molecule has 4 unspecified atom stereocenters. The van der Waals surface area contributed by atoms with Crippen molar-refractivity contribution < 1.29 is 19.0 Å². The van der Waals surface area contributed by atoms with Crippen LogP contribution in [0, 0.1) is 0 Å². The van der Waals surface area contributed by atoms with Gasteiger partial charge in [-0.05, 0) is 105 Å². The van der Waals surface area contributed by atoms with Crippen molar-refractivity contribution in [3.05, 3.63) is 59.3 Å². The van der Waals surface area contributed by atoms with Crippen molar-refractivity contribution in [1.82, 2.24) is 19.8 Å². The van der Waals surface area contributed by atoms with E-state index in [1.807, 2.05) is 17.2 Å². The zero-order chi connectivity index (χ0) is 31.1. The van der Waals surface area contributed by atoms with Crippen LogP contribution in [0.2, 0.25) is 5.02 Å². The summed E-state index contributed by atoms with van der Waals surface area (Å²) in [5.74, 6) is 1.02. The van der Waals surface area contributed by atoms with E-state index in [0.29, 0.717) is 42.1 Å². The van der Waals surface area contributed by atoms with Crippen LogP contribution in [-0.4, -0.2) is 74.3 Å². The van der Waals surface area contributed by atoms with Gasteiger partial charge in [0.15, 0.2) is 0 Å². The average molecular weight is 631 g/mol. The number of halogens is 2. The van der Waals surface area contributed by atoms with Crippen LogP contribution in [-0.2, 0) is 10.2 Å². The molecule has 5 aliphatic rings. The molecule has 3 aromatic rings. The van der Waals surface area contributed by atoms with Crippen molar-refractivity contribution >= 4 is 28.4 Å². The van der Waals surface area contributed by atoms with E-state index >= 15 is 0 Å². The van der Waals surface area contributed by atoms with Gasteiger partial charge in [0.25, 0.3) is 0 Å².